The lowest BCUT2D eigenvalue weighted by molar-refractivity contribution is 0.0963. The minimum atomic E-state index is -0.0615. The minimum absolute atomic E-state index is 0. The third-order valence-corrected chi connectivity index (χ3v) is 5.30. The number of nitrogens with one attached hydrogen (secondary N) is 3. The highest BCUT2D eigenvalue weighted by Gasteiger charge is 2.13. The molecule has 1 amide bonds. The number of fused-ring (bicyclic) bond motifs is 1. The van der Waals surface area contributed by atoms with Gasteiger partial charge in [0.1, 0.15) is 0 Å². The van der Waals surface area contributed by atoms with Crippen LogP contribution in [0.4, 0.5) is 5.69 Å². The van der Waals surface area contributed by atoms with Gasteiger partial charge in [0.15, 0.2) is 5.96 Å². The van der Waals surface area contributed by atoms with Crippen LogP contribution in [-0.2, 0) is 19.4 Å². The van der Waals surface area contributed by atoms with Crippen LogP contribution in [0.2, 0.25) is 0 Å². The summed E-state index contributed by atoms with van der Waals surface area (Å²) in [6, 6.07) is 14.4. The Bertz CT molecular complexity index is 884. The molecule has 30 heavy (non-hydrogen) atoms. The number of guanidine groups is 1. The van der Waals surface area contributed by atoms with Crippen molar-refractivity contribution >= 4 is 41.5 Å². The van der Waals surface area contributed by atoms with Crippen molar-refractivity contribution < 1.29 is 4.79 Å². The molecule has 1 aliphatic rings. The average molecular weight is 521 g/mol. The molecule has 6 nitrogen and oxygen atoms in total. The maximum absolute atomic E-state index is 11.8. The van der Waals surface area contributed by atoms with E-state index in [-0.39, 0.29) is 29.9 Å². The molecule has 2 aromatic rings. The summed E-state index contributed by atoms with van der Waals surface area (Å²) in [6.45, 7) is 2.61. The van der Waals surface area contributed by atoms with Crippen LogP contribution in [0.1, 0.15) is 33.5 Å². The van der Waals surface area contributed by atoms with E-state index in [1.165, 1.54) is 23.2 Å². The summed E-state index contributed by atoms with van der Waals surface area (Å²) >= 11 is 0. The first-order valence-corrected chi connectivity index (χ1v) is 10.2. The van der Waals surface area contributed by atoms with Gasteiger partial charge in [0.2, 0.25) is 0 Å². The van der Waals surface area contributed by atoms with Gasteiger partial charge in [-0.05, 0) is 54.2 Å². The number of carbonyl (C=O) groups excluding carboxylic acids is 1. The molecular weight excluding hydrogens is 489 g/mol. The van der Waals surface area contributed by atoms with Crippen LogP contribution in [0, 0.1) is 0 Å². The van der Waals surface area contributed by atoms with E-state index >= 15 is 0 Å². The molecule has 2 aromatic carbocycles. The van der Waals surface area contributed by atoms with Gasteiger partial charge in [-0.25, -0.2) is 0 Å². The Kier molecular flexibility index (Phi) is 9.42. The highest BCUT2D eigenvalue weighted by molar-refractivity contribution is 14.0. The number of aryl methyl sites for hydroxylation is 1. The SMILES string of the molecule is CN=C(NCCc1cccc(C(=O)NC)c1)NCc1ccc2c(c1)CCCN2C.I. The number of hydrogen-bond acceptors (Lipinski definition) is 3. The average Bonchev–Trinajstić information content (AvgIpc) is 2.75. The third kappa shape index (κ3) is 6.35. The largest absolute Gasteiger partial charge is 0.374 e. The van der Waals surface area contributed by atoms with Gasteiger partial charge in [-0.2, -0.15) is 0 Å². The van der Waals surface area contributed by atoms with Gasteiger partial charge in [0, 0.05) is 52.0 Å². The van der Waals surface area contributed by atoms with Crippen molar-refractivity contribution in [3.05, 3.63) is 64.7 Å². The Morgan fingerprint density at radius 3 is 2.73 bits per heavy atom. The lowest BCUT2D eigenvalue weighted by atomic mass is 9.99. The zero-order valence-corrected chi connectivity index (χ0v) is 20.3. The van der Waals surface area contributed by atoms with Crippen LogP contribution in [0.3, 0.4) is 0 Å². The molecule has 0 aromatic heterocycles. The second kappa shape index (κ2) is 11.8. The van der Waals surface area contributed by atoms with E-state index in [4.69, 9.17) is 0 Å². The van der Waals surface area contributed by atoms with Gasteiger partial charge in [-0.3, -0.25) is 9.79 Å². The van der Waals surface area contributed by atoms with Crippen molar-refractivity contribution in [3.8, 4) is 0 Å². The topological polar surface area (TPSA) is 68.8 Å². The molecule has 0 saturated heterocycles. The number of anilines is 1. The third-order valence-electron chi connectivity index (χ3n) is 5.30. The van der Waals surface area contributed by atoms with E-state index in [2.05, 4.69) is 51.1 Å². The van der Waals surface area contributed by atoms with E-state index in [1.54, 1.807) is 14.1 Å². The fraction of sp³-hybridized carbons (Fsp3) is 0.391. The van der Waals surface area contributed by atoms with Gasteiger partial charge in [0.05, 0.1) is 0 Å². The number of hydrogen-bond donors (Lipinski definition) is 3. The highest BCUT2D eigenvalue weighted by Crippen LogP contribution is 2.26. The summed E-state index contributed by atoms with van der Waals surface area (Å²) in [4.78, 5) is 18.4. The molecule has 0 unspecified atom stereocenters. The lowest BCUT2D eigenvalue weighted by Crippen LogP contribution is -2.38. The number of carbonyl (C=O) groups is 1. The van der Waals surface area contributed by atoms with E-state index < -0.39 is 0 Å². The van der Waals surface area contributed by atoms with Crippen molar-refractivity contribution in [2.45, 2.75) is 25.8 Å². The molecule has 3 N–H and O–H groups in total. The second-order valence-corrected chi connectivity index (χ2v) is 7.37. The Labute approximate surface area is 196 Å². The first kappa shape index (κ1) is 24.0. The highest BCUT2D eigenvalue weighted by atomic mass is 127. The fourth-order valence-electron chi connectivity index (χ4n) is 3.69. The minimum Gasteiger partial charge on any atom is -0.374 e. The van der Waals surface area contributed by atoms with Crippen LogP contribution >= 0.6 is 24.0 Å². The quantitative estimate of drug-likeness (QED) is 0.311. The summed E-state index contributed by atoms with van der Waals surface area (Å²) in [5.41, 5.74) is 5.84. The molecule has 0 aliphatic carbocycles. The molecule has 0 bridgehead atoms. The molecule has 162 valence electrons. The monoisotopic (exact) mass is 521 g/mol. The summed E-state index contributed by atoms with van der Waals surface area (Å²) in [5.74, 6) is 0.718. The van der Waals surface area contributed by atoms with Gasteiger partial charge >= 0.3 is 0 Å². The van der Waals surface area contributed by atoms with Crippen LogP contribution in [0.15, 0.2) is 47.5 Å². The van der Waals surface area contributed by atoms with E-state index in [0.717, 1.165) is 44.0 Å². The van der Waals surface area contributed by atoms with Crippen molar-refractivity contribution in [3.63, 3.8) is 0 Å². The second-order valence-electron chi connectivity index (χ2n) is 7.37. The molecule has 1 heterocycles. The van der Waals surface area contributed by atoms with Crippen molar-refractivity contribution in [1.82, 2.24) is 16.0 Å². The molecule has 0 fully saturated rings. The Hall–Kier alpha value is -2.29. The summed E-state index contributed by atoms with van der Waals surface area (Å²) in [6.07, 6.45) is 3.18. The molecule has 3 rings (SSSR count). The molecule has 0 spiro atoms. The van der Waals surface area contributed by atoms with E-state index in [0.29, 0.717) is 5.56 Å². The maximum Gasteiger partial charge on any atom is 0.251 e. The first-order chi connectivity index (χ1) is 14.1. The smallest absolute Gasteiger partial charge is 0.251 e. The van der Waals surface area contributed by atoms with Crippen LogP contribution in [0.5, 0.6) is 0 Å². The maximum atomic E-state index is 11.8. The van der Waals surface area contributed by atoms with Gasteiger partial charge in [-0.15, -0.1) is 24.0 Å². The molecule has 0 saturated carbocycles. The summed E-state index contributed by atoms with van der Waals surface area (Å²) in [7, 11) is 5.59. The van der Waals surface area contributed by atoms with Crippen molar-refractivity contribution in [2.24, 2.45) is 4.99 Å². The zero-order valence-electron chi connectivity index (χ0n) is 18.0. The standard InChI is InChI=1S/C23H31N5O.HI/c1-24-22(29)20-7-4-6-17(14-20)11-12-26-23(25-2)27-16-18-9-10-21-19(15-18)8-5-13-28(21)3;/h4,6-7,9-10,14-15H,5,8,11-13,16H2,1-3H3,(H,24,29)(H2,25,26,27);1H. The molecule has 7 heteroatoms. The van der Waals surface area contributed by atoms with Crippen LogP contribution in [0.25, 0.3) is 0 Å². The fourth-order valence-corrected chi connectivity index (χ4v) is 3.69. The first-order valence-electron chi connectivity index (χ1n) is 10.2. The van der Waals surface area contributed by atoms with Gasteiger partial charge in [-0.1, -0.05) is 24.3 Å². The zero-order chi connectivity index (χ0) is 20.6. The van der Waals surface area contributed by atoms with Gasteiger partial charge in [0.25, 0.3) is 5.91 Å². The number of amides is 1. The number of halogens is 1. The Morgan fingerprint density at radius 2 is 1.97 bits per heavy atom. The summed E-state index contributed by atoms with van der Waals surface area (Å²) in [5, 5.41) is 9.40. The Morgan fingerprint density at radius 1 is 1.13 bits per heavy atom. The summed E-state index contributed by atoms with van der Waals surface area (Å²) < 4.78 is 0. The number of benzene rings is 2. The Balaban J connectivity index is 0.00000320. The van der Waals surface area contributed by atoms with Crippen molar-refractivity contribution in [2.75, 3.05) is 39.1 Å². The lowest BCUT2D eigenvalue weighted by Gasteiger charge is -2.28. The molecule has 0 radical (unpaired) electrons. The van der Waals surface area contributed by atoms with E-state index in [9.17, 15) is 4.79 Å². The van der Waals surface area contributed by atoms with Gasteiger partial charge < -0.3 is 20.9 Å². The molecule has 1 aliphatic heterocycles. The number of nitrogens with zero attached hydrogens (tertiary/aromatic N) is 2. The normalized spacial score (nSPS) is 13.2. The molecule has 0 atom stereocenters. The van der Waals surface area contributed by atoms with Crippen molar-refractivity contribution in [1.29, 1.82) is 0 Å². The predicted octanol–water partition coefficient (Wildman–Crippen LogP) is 2.95. The molecular formula is C23H32IN5O. The van der Waals surface area contributed by atoms with Crippen LogP contribution in [-0.4, -0.2) is 46.1 Å². The van der Waals surface area contributed by atoms with Crippen LogP contribution < -0.4 is 20.9 Å². The van der Waals surface area contributed by atoms with E-state index in [1.807, 2.05) is 24.3 Å². The number of rotatable bonds is 6. The predicted molar refractivity (Wildman–Crippen MR) is 135 cm³/mol. The number of aliphatic imine (C=N–C) groups is 1.